The molecule has 0 unspecified atom stereocenters. The predicted molar refractivity (Wildman–Crippen MR) is 90.3 cm³/mol. The lowest BCUT2D eigenvalue weighted by atomic mass is 10.0. The van der Waals surface area contributed by atoms with Gasteiger partial charge in [-0.2, -0.15) is 5.10 Å². The van der Waals surface area contributed by atoms with E-state index in [-0.39, 0.29) is 24.6 Å². The molecule has 1 N–H and O–H groups in total. The minimum absolute atomic E-state index is 0.0438. The average Bonchev–Trinajstić information content (AvgIpc) is 2.87. The number of aromatic nitrogens is 2. The summed E-state index contributed by atoms with van der Waals surface area (Å²) in [6.45, 7) is 5.75. The molecule has 0 aliphatic carbocycles. The highest BCUT2D eigenvalue weighted by molar-refractivity contribution is 5.95. The van der Waals surface area contributed by atoms with Crippen LogP contribution in [0.3, 0.4) is 0 Å². The zero-order chi connectivity index (χ0) is 18.0. The highest BCUT2D eigenvalue weighted by Crippen LogP contribution is 2.27. The molecule has 1 spiro atoms. The summed E-state index contributed by atoms with van der Waals surface area (Å²) in [5, 5.41) is 7.03. The molecule has 0 aromatic carbocycles. The van der Waals surface area contributed by atoms with Crippen molar-refractivity contribution in [2.24, 2.45) is 7.05 Å². The third kappa shape index (κ3) is 3.93. The first-order valence-electron chi connectivity index (χ1n) is 8.45. The number of ether oxygens (including phenoxy) is 2. The van der Waals surface area contributed by atoms with Crippen LogP contribution in [0.1, 0.15) is 13.8 Å². The van der Waals surface area contributed by atoms with Gasteiger partial charge >= 0.3 is 6.03 Å². The Morgan fingerprint density at radius 3 is 2.88 bits per heavy atom. The van der Waals surface area contributed by atoms with Gasteiger partial charge in [0.2, 0.25) is 0 Å². The minimum atomic E-state index is -0.741. The largest absolute Gasteiger partial charge is 0.376 e. The van der Waals surface area contributed by atoms with Gasteiger partial charge < -0.3 is 24.6 Å². The van der Waals surface area contributed by atoms with E-state index in [0.717, 1.165) is 5.69 Å². The molecular formula is C16H25N5O4. The van der Waals surface area contributed by atoms with Gasteiger partial charge in [0.15, 0.2) is 0 Å². The Balaban J connectivity index is 1.78. The third-order valence-electron chi connectivity index (χ3n) is 4.30. The molecule has 138 valence electrons. The van der Waals surface area contributed by atoms with Gasteiger partial charge in [-0.3, -0.25) is 9.48 Å². The molecule has 9 nitrogen and oxygen atoms in total. The summed E-state index contributed by atoms with van der Waals surface area (Å²) in [5.74, 6) is -0.124. The van der Waals surface area contributed by atoms with Crippen LogP contribution < -0.4 is 10.2 Å². The Kier molecular flexibility index (Phi) is 4.96. The van der Waals surface area contributed by atoms with Gasteiger partial charge in [-0.25, -0.2) is 4.79 Å². The Morgan fingerprint density at radius 2 is 2.20 bits per heavy atom. The topological polar surface area (TPSA) is 88.9 Å². The molecule has 2 aliphatic heterocycles. The molecule has 3 heterocycles. The number of urea groups is 1. The van der Waals surface area contributed by atoms with E-state index >= 15 is 0 Å². The number of rotatable bonds is 2. The van der Waals surface area contributed by atoms with Crippen molar-refractivity contribution in [1.82, 2.24) is 20.0 Å². The SMILES string of the molecule is CC(C)NC(=O)N1CCOC[C@]2(C1)CN(c1cnn(C)c1)C(=O)CO2. The molecule has 1 aromatic heterocycles. The monoisotopic (exact) mass is 351 g/mol. The van der Waals surface area contributed by atoms with Crippen LogP contribution in [0.25, 0.3) is 0 Å². The lowest BCUT2D eigenvalue weighted by Gasteiger charge is -2.42. The van der Waals surface area contributed by atoms with Crippen molar-refractivity contribution in [3.8, 4) is 0 Å². The molecule has 0 bridgehead atoms. The number of carbonyl (C=O) groups is 2. The van der Waals surface area contributed by atoms with E-state index in [2.05, 4.69) is 10.4 Å². The van der Waals surface area contributed by atoms with Crippen molar-refractivity contribution in [1.29, 1.82) is 0 Å². The molecule has 0 radical (unpaired) electrons. The third-order valence-corrected chi connectivity index (χ3v) is 4.30. The molecule has 9 heteroatoms. The summed E-state index contributed by atoms with van der Waals surface area (Å²) in [6, 6.07) is -0.0957. The normalized spacial score (nSPS) is 24.7. The van der Waals surface area contributed by atoms with Crippen LogP contribution in [0.4, 0.5) is 10.5 Å². The van der Waals surface area contributed by atoms with Crippen molar-refractivity contribution in [3.05, 3.63) is 12.4 Å². The van der Waals surface area contributed by atoms with E-state index in [1.807, 2.05) is 13.8 Å². The van der Waals surface area contributed by atoms with Crippen LogP contribution in [0, 0.1) is 0 Å². The van der Waals surface area contributed by atoms with Crippen molar-refractivity contribution in [2.45, 2.75) is 25.5 Å². The van der Waals surface area contributed by atoms with E-state index in [1.54, 1.807) is 33.9 Å². The molecule has 0 saturated carbocycles. The summed E-state index contributed by atoms with van der Waals surface area (Å²) >= 11 is 0. The molecule has 3 rings (SSSR count). The van der Waals surface area contributed by atoms with Gasteiger partial charge in [0, 0.05) is 25.8 Å². The Bertz CT molecular complexity index is 646. The first kappa shape index (κ1) is 17.7. The fourth-order valence-electron chi connectivity index (χ4n) is 3.10. The van der Waals surface area contributed by atoms with Crippen LogP contribution >= 0.6 is 0 Å². The summed E-state index contributed by atoms with van der Waals surface area (Å²) < 4.78 is 13.2. The maximum absolute atomic E-state index is 12.4. The maximum atomic E-state index is 12.4. The number of aryl methyl sites for hydroxylation is 1. The van der Waals surface area contributed by atoms with Crippen molar-refractivity contribution in [3.63, 3.8) is 0 Å². The zero-order valence-electron chi connectivity index (χ0n) is 14.9. The Labute approximate surface area is 146 Å². The fourth-order valence-corrected chi connectivity index (χ4v) is 3.10. The van der Waals surface area contributed by atoms with Crippen LogP contribution in [-0.4, -0.2) is 77.7 Å². The van der Waals surface area contributed by atoms with Gasteiger partial charge in [0.25, 0.3) is 5.91 Å². The molecule has 25 heavy (non-hydrogen) atoms. The summed E-state index contributed by atoms with van der Waals surface area (Å²) in [6.07, 6.45) is 3.44. The molecule has 2 aliphatic rings. The Morgan fingerprint density at radius 1 is 1.40 bits per heavy atom. The first-order valence-corrected chi connectivity index (χ1v) is 8.45. The van der Waals surface area contributed by atoms with Gasteiger partial charge in [-0.1, -0.05) is 0 Å². The number of morpholine rings is 1. The summed E-state index contributed by atoms with van der Waals surface area (Å²) in [7, 11) is 1.80. The lowest BCUT2D eigenvalue weighted by Crippen LogP contribution is -2.62. The summed E-state index contributed by atoms with van der Waals surface area (Å²) in [4.78, 5) is 28.1. The smallest absolute Gasteiger partial charge is 0.317 e. The van der Waals surface area contributed by atoms with Crippen LogP contribution in [0.2, 0.25) is 0 Å². The number of amides is 3. The highest BCUT2D eigenvalue weighted by Gasteiger charge is 2.44. The molecule has 1 aromatic rings. The van der Waals surface area contributed by atoms with Crippen molar-refractivity contribution in [2.75, 3.05) is 44.4 Å². The Hall–Kier alpha value is -2.13. The second-order valence-electron chi connectivity index (χ2n) is 6.90. The van der Waals surface area contributed by atoms with Gasteiger partial charge in [0.05, 0.1) is 38.2 Å². The number of hydrogen-bond acceptors (Lipinski definition) is 5. The zero-order valence-corrected chi connectivity index (χ0v) is 14.9. The average molecular weight is 351 g/mol. The first-order chi connectivity index (χ1) is 11.9. The number of anilines is 1. The standard InChI is InChI=1S/C16H25N5O4/c1-12(2)18-15(23)20-4-5-24-11-16(9-20)10-21(14(22)8-25-16)13-6-17-19(3)7-13/h6-7,12H,4-5,8-11H2,1-3H3,(H,18,23)/t16-/m0/s1. The molecule has 1 atom stereocenters. The van der Waals surface area contributed by atoms with Crippen LogP contribution in [0.15, 0.2) is 12.4 Å². The number of nitrogens with one attached hydrogen (secondary N) is 1. The second-order valence-corrected chi connectivity index (χ2v) is 6.90. The van der Waals surface area contributed by atoms with E-state index in [9.17, 15) is 9.59 Å². The van der Waals surface area contributed by atoms with E-state index in [1.165, 1.54) is 0 Å². The van der Waals surface area contributed by atoms with Crippen molar-refractivity contribution < 1.29 is 19.1 Å². The van der Waals surface area contributed by atoms with Gasteiger partial charge in [-0.05, 0) is 13.8 Å². The lowest BCUT2D eigenvalue weighted by molar-refractivity contribution is -0.145. The van der Waals surface area contributed by atoms with Crippen molar-refractivity contribution >= 4 is 17.6 Å². The quantitative estimate of drug-likeness (QED) is 0.808. The van der Waals surface area contributed by atoms with E-state index < -0.39 is 5.60 Å². The minimum Gasteiger partial charge on any atom is -0.376 e. The maximum Gasteiger partial charge on any atom is 0.317 e. The molecule has 3 amide bonds. The summed E-state index contributed by atoms with van der Waals surface area (Å²) in [5.41, 5.74) is -0.0215. The number of hydrogen-bond donors (Lipinski definition) is 1. The second kappa shape index (κ2) is 7.01. The molecule has 2 saturated heterocycles. The predicted octanol–water partition coefficient (Wildman–Crippen LogP) is -0.0277. The highest BCUT2D eigenvalue weighted by atomic mass is 16.6. The molecular weight excluding hydrogens is 326 g/mol. The van der Waals surface area contributed by atoms with E-state index in [4.69, 9.17) is 9.47 Å². The van der Waals surface area contributed by atoms with Crippen LogP contribution in [-0.2, 0) is 21.3 Å². The van der Waals surface area contributed by atoms with Crippen LogP contribution in [0.5, 0.6) is 0 Å². The molecule has 2 fully saturated rings. The number of nitrogens with zero attached hydrogens (tertiary/aromatic N) is 4. The number of carbonyl (C=O) groups excluding carboxylic acids is 2. The fraction of sp³-hybridized carbons (Fsp3) is 0.688. The van der Waals surface area contributed by atoms with Gasteiger partial charge in [-0.15, -0.1) is 0 Å². The van der Waals surface area contributed by atoms with Gasteiger partial charge in [0.1, 0.15) is 12.2 Å². The van der Waals surface area contributed by atoms with E-state index in [0.29, 0.717) is 32.8 Å².